The molecule has 3 heteroatoms. The van der Waals surface area contributed by atoms with E-state index in [1.54, 1.807) is 0 Å². The second-order valence-electron chi connectivity index (χ2n) is 6.07. The van der Waals surface area contributed by atoms with Crippen molar-refractivity contribution in [3.05, 3.63) is 0 Å². The Labute approximate surface area is 98.9 Å². The summed E-state index contributed by atoms with van der Waals surface area (Å²) in [5, 5.41) is 3.50. The number of nitrogens with one attached hydrogen (secondary N) is 1. The lowest BCUT2D eigenvalue weighted by atomic mass is 10.0. The Bertz CT molecular complexity index is 234. The van der Waals surface area contributed by atoms with Crippen LogP contribution in [-0.4, -0.2) is 37.0 Å². The fourth-order valence-corrected chi connectivity index (χ4v) is 2.70. The molecule has 1 N–H and O–H groups in total. The Morgan fingerprint density at radius 2 is 2.06 bits per heavy atom. The SMILES string of the molecule is CC1(C)CCC(CNCC2(C)CCCO2)O1. The number of rotatable bonds is 4. The van der Waals surface area contributed by atoms with Crippen molar-refractivity contribution in [2.45, 2.75) is 63.8 Å². The molecule has 0 spiro atoms. The standard InChI is InChI=1S/C13H25NO2/c1-12(2)7-5-11(16-12)9-14-10-13(3)6-4-8-15-13/h11,14H,4-10H2,1-3H3. The van der Waals surface area contributed by atoms with Crippen molar-refractivity contribution >= 4 is 0 Å². The van der Waals surface area contributed by atoms with Gasteiger partial charge in [0.15, 0.2) is 0 Å². The molecule has 2 aliphatic heterocycles. The van der Waals surface area contributed by atoms with Crippen molar-refractivity contribution in [2.75, 3.05) is 19.7 Å². The lowest BCUT2D eigenvalue weighted by molar-refractivity contribution is -0.0194. The molecule has 2 rings (SSSR count). The van der Waals surface area contributed by atoms with E-state index in [0.717, 1.165) is 19.7 Å². The summed E-state index contributed by atoms with van der Waals surface area (Å²) < 4.78 is 11.7. The van der Waals surface area contributed by atoms with E-state index in [0.29, 0.717) is 6.10 Å². The molecular weight excluding hydrogens is 202 g/mol. The largest absolute Gasteiger partial charge is 0.374 e. The zero-order valence-electron chi connectivity index (χ0n) is 10.8. The molecule has 0 amide bonds. The van der Waals surface area contributed by atoms with Crippen molar-refractivity contribution in [1.82, 2.24) is 5.32 Å². The molecule has 2 heterocycles. The van der Waals surface area contributed by atoms with Gasteiger partial charge < -0.3 is 14.8 Å². The maximum absolute atomic E-state index is 5.94. The maximum Gasteiger partial charge on any atom is 0.0779 e. The molecule has 2 fully saturated rings. The fraction of sp³-hybridized carbons (Fsp3) is 1.00. The van der Waals surface area contributed by atoms with Crippen LogP contribution >= 0.6 is 0 Å². The highest BCUT2D eigenvalue weighted by atomic mass is 16.5. The first-order chi connectivity index (χ1) is 7.49. The van der Waals surface area contributed by atoms with E-state index in [-0.39, 0.29) is 11.2 Å². The molecule has 3 nitrogen and oxygen atoms in total. The van der Waals surface area contributed by atoms with Crippen LogP contribution in [0.4, 0.5) is 0 Å². The van der Waals surface area contributed by atoms with Crippen molar-refractivity contribution < 1.29 is 9.47 Å². The van der Waals surface area contributed by atoms with Crippen LogP contribution in [0.25, 0.3) is 0 Å². The van der Waals surface area contributed by atoms with Gasteiger partial charge >= 0.3 is 0 Å². The van der Waals surface area contributed by atoms with Gasteiger partial charge in [0.25, 0.3) is 0 Å². The normalized spacial score (nSPS) is 38.1. The van der Waals surface area contributed by atoms with Crippen LogP contribution in [0.2, 0.25) is 0 Å². The van der Waals surface area contributed by atoms with Crippen molar-refractivity contribution in [3.63, 3.8) is 0 Å². The second kappa shape index (κ2) is 4.63. The predicted octanol–water partition coefficient (Wildman–Crippen LogP) is 2.10. The minimum atomic E-state index is 0.0636. The molecule has 0 aromatic carbocycles. The predicted molar refractivity (Wildman–Crippen MR) is 64.6 cm³/mol. The first-order valence-corrected chi connectivity index (χ1v) is 6.52. The topological polar surface area (TPSA) is 30.5 Å². The first-order valence-electron chi connectivity index (χ1n) is 6.52. The molecule has 0 saturated carbocycles. The minimum Gasteiger partial charge on any atom is -0.374 e. The van der Waals surface area contributed by atoms with Gasteiger partial charge in [-0.1, -0.05) is 0 Å². The first kappa shape index (κ1) is 12.3. The summed E-state index contributed by atoms with van der Waals surface area (Å²) in [5.74, 6) is 0. The average molecular weight is 227 g/mol. The smallest absolute Gasteiger partial charge is 0.0779 e. The summed E-state index contributed by atoms with van der Waals surface area (Å²) in [6.07, 6.45) is 5.12. The maximum atomic E-state index is 5.94. The lowest BCUT2D eigenvalue weighted by Gasteiger charge is -2.25. The number of hydrogen-bond acceptors (Lipinski definition) is 3. The average Bonchev–Trinajstić information content (AvgIpc) is 2.74. The molecule has 2 unspecified atom stereocenters. The van der Waals surface area contributed by atoms with Gasteiger partial charge in [0.05, 0.1) is 17.3 Å². The minimum absolute atomic E-state index is 0.0636. The lowest BCUT2D eigenvalue weighted by Crippen LogP contribution is -2.40. The molecule has 94 valence electrons. The third-order valence-electron chi connectivity index (χ3n) is 3.73. The van der Waals surface area contributed by atoms with Crippen molar-refractivity contribution in [3.8, 4) is 0 Å². The molecule has 0 radical (unpaired) electrons. The number of hydrogen-bond donors (Lipinski definition) is 1. The molecule has 2 saturated heterocycles. The highest BCUT2D eigenvalue weighted by molar-refractivity contribution is 4.85. The van der Waals surface area contributed by atoms with E-state index >= 15 is 0 Å². The quantitative estimate of drug-likeness (QED) is 0.798. The molecule has 2 atom stereocenters. The molecule has 0 aromatic heterocycles. The molecule has 0 aliphatic carbocycles. The van der Waals surface area contributed by atoms with Crippen LogP contribution < -0.4 is 5.32 Å². The van der Waals surface area contributed by atoms with Gasteiger partial charge in [-0.05, 0) is 46.5 Å². The van der Waals surface area contributed by atoms with Gasteiger partial charge in [0.2, 0.25) is 0 Å². The van der Waals surface area contributed by atoms with Gasteiger partial charge in [-0.3, -0.25) is 0 Å². The third kappa shape index (κ3) is 3.19. The van der Waals surface area contributed by atoms with Gasteiger partial charge in [0, 0.05) is 19.7 Å². The summed E-state index contributed by atoms with van der Waals surface area (Å²) in [7, 11) is 0. The summed E-state index contributed by atoms with van der Waals surface area (Å²) in [4.78, 5) is 0. The van der Waals surface area contributed by atoms with Gasteiger partial charge in [0.1, 0.15) is 0 Å². The van der Waals surface area contributed by atoms with Crippen LogP contribution in [0, 0.1) is 0 Å². The summed E-state index contributed by atoms with van der Waals surface area (Å²) in [6.45, 7) is 9.38. The van der Waals surface area contributed by atoms with Crippen LogP contribution in [0.5, 0.6) is 0 Å². The van der Waals surface area contributed by atoms with Crippen molar-refractivity contribution in [1.29, 1.82) is 0 Å². The van der Waals surface area contributed by atoms with Gasteiger partial charge in [-0.2, -0.15) is 0 Å². The Morgan fingerprint density at radius 1 is 1.25 bits per heavy atom. The summed E-state index contributed by atoms with van der Waals surface area (Å²) >= 11 is 0. The Balaban J connectivity index is 1.65. The van der Waals surface area contributed by atoms with E-state index in [1.807, 2.05) is 0 Å². The highest BCUT2D eigenvalue weighted by Crippen LogP contribution is 2.29. The zero-order chi connectivity index (χ0) is 11.6. The molecule has 2 aliphatic rings. The van der Waals surface area contributed by atoms with E-state index in [9.17, 15) is 0 Å². The van der Waals surface area contributed by atoms with Crippen LogP contribution in [0.15, 0.2) is 0 Å². The summed E-state index contributed by atoms with van der Waals surface area (Å²) in [6, 6.07) is 0. The summed E-state index contributed by atoms with van der Waals surface area (Å²) in [5.41, 5.74) is 0.147. The van der Waals surface area contributed by atoms with Crippen LogP contribution in [0.1, 0.15) is 46.5 Å². The van der Waals surface area contributed by atoms with E-state index in [1.165, 1.54) is 25.7 Å². The Kier molecular flexibility index (Phi) is 3.57. The van der Waals surface area contributed by atoms with Gasteiger partial charge in [-0.25, -0.2) is 0 Å². The second-order valence-corrected chi connectivity index (χ2v) is 6.07. The van der Waals surface area contributed by atoms with E-state index < -0.39 is 0 Å². The Morgan fingerprint density at radius 3 is 2.62 bits per heavy atom. The molecule has 16 heavy (non-hydrogen) atoms. The third-order valence-corrected chi connectivity index (χ3v) is 3.73. The molecular formula is C13H25NO2. The van der Waals surface area contributed by atoms with Crippen LogP contribution in [-0.2, 0) is 9.47 Å². The number of ether oxygens (including phenoxy) is 2. The highest BCUT2D eigenvalue weighted by Gasteiger charge is 2.33. The van der Waals surface area contributed by atoms with E-state index in [2.05, 4.69) is 26.1 Å². The fourth-order valence-electron chi connectivity index (χ4n) is 2.70. The van der Waals surface area contributed by atoms with Gasteiger partial charge in [-0.15, -0.1) is 0 Å². The molecule has 0 aromatic rings. The zero-order valence-corrected chi connectivity index (χ0v) is 10.8. The van der Waals surface area contributed by atoms with E-state index in [4.69, 9.17) is 9.47 Å². The van der Waals surface area contributed by atoms with Crippen LogP contribution in [0.3, 0.4) is 0 Å². The Hall–Kier alpha value is -0.120. The van der Waals surface area contributed by atoms with Crippen molar-refractivity contribution in [2.24, 2.45) is 0 Å². The molecule has 0 bridgehead atoms. The monoisotopic (exact) mass is 227 g/mol.